The smallest absolute Gasteiger partial charge is 0.478 e. The molecular formula is C48H51N6O20P3S2. The summed E-state index contributed by atoms with van der Waals surface area (Å²) in [6.07, 6.45) is -2.35. The molecule has 26 nitrogen and oxygen atoms in total. The average molecular weight is 1190 g/mol. The number of nitrogens with one attached hydrogen (secondary N) is 1. The predicted molar refractivity (Wildman–Crippen MR) is 288 cm³/mol. The van der Waals surface area contributed by atoms with Crippen LogP contribution in [-0.2, 0) is 47.7 Å². The topological polar surface area (TPSA) is 409 Å². The number of ketones is 1. The summed E-state index contributed by atoms with van der Waals surface area (Å²) in [5.41, 5.74) is 15.0. The van der Waals surface area contributed by atoms with E-state index in [9.17, 15) is 53.1 Å². The first kappa shape index (κ1) is 60.6. The number of nitrogens with zero attached hydrogens (tertiary/aromatic N) is 3. The van der Waals surface area contributed by atoms with Crippen molar-refractivity contribution in [3.8, 4) is 34.3 Å². The van der Waals surface area contributed by atoms with E-state index in [-0.39, 0.29) is 70.3 Å². The number of nitro benzene ring substituents is 1. The highest BCUT2D eigenvalue weighted by Gasteiger charge is 2.44. The molecule has 79 heavy (non-hydrogen) atoms. The van der Waals surface area contributed by atoms with Gasteiger partial charge in [-0.2, -0.15) is 13.6 Å². The Kier molecular flexibility index (Phi) is 19.0. The summed E-state index contributed by atoms with van der Waals surface area (Å²) in [4.78, 5) is 91.8. The summed E-state index contributed by atoms with van der Waals surface area (Å²) in [6.45, 7) is 5.94. The highest BCUT2D eigenvalue weighted by molar-refractivity contribution is 8.77. The molecule has 0 saturated carbocycles. The molecular weight excluding hydrogens is 1140 g/mol. The lowest BCUT2D eigenvalue weighted by molar-refractivity contribution is -0.386. The van der Waals surface area contributed by atoms with Crippen molar-refractivity contribution in [3.05, 3.63) is 132 Å². The number of anilines is 2. The van der Waals surface area contributed by atoms with E-state index in [2.05, 4.69) is 25.4 Å². The van der Waals surface area contributed by atoms with Gasteiger partial charge < -0.3 is 60.2 Å². The molecule has 3 aliphatic rings. The molecule has 5 atom stereocenters. The van der Waals surface area contributed by atoms with Crippen LogP contribution < -0.4 is 22.5 Å². The van der Waals surface area contributed by atoms with Gasteiger partial charge in [-0.3, -0.25) is 24.0 Å². The van der Waals surface area contributed by atoms with Gasteiger partial charge >= 0.3 is 35.1 Å². The number of nitrogen functional groups attached to an aromatic ring is 2. The molecule has 1 aromatic heterocycles. The maximum absolute atomic E-state index is 13.6. The number of hydrogen-bond donors (Lipinski definition) is 8. The molecule has 0 spiro atoms. The fourth-order valence-corrected chi connectivity index (χ4v) is 13.5. The van der Waals surface area contributed by atoms with Gasteiger partial charge in [-0.15, -0.1) is 0 Å². The third kappa shape index (κ3) is 15.2. The molecule has 7 rings (SSSR count). The number of carbonyl (C=O) groups excluding carboxylic acids is 1. The van der Waals surface area contributed by atoms with Crippen molar-refractivity contribution in [3.63, 3.8) is 0 Å². The molecule has 420 valence electrons. The second kappa shape index (κ2) is 24.7. The van der Waals surface area contributed by atoms with Gasteiger partial charge in [0.1, 0.15) is 42.0 Å². The first-order chi connectivity index (χ1) is 37.0. The number of hydrogen-bond acceptors (Lipinski definition) is 21. The van der Waals surface area contributed by atoms with Crippen molar-refractivity contribution in [1.29, 1.82) is 5.41 Å². The minimum Gasteiger partial charge on any atom is -0.478 e. The fraction of sp³-hybridized carbons (Fsp3) is 0.312. The zero-order chi connectivity index (χ0) is 57.8. The van der Waals surface area contributed by atoms with Crippen molar-refractivity contribution >= 4 is 85.0 Å². The van der Waals surface area contributed by atoms with Crippen LogP contribution in [0.1, 0.15) is 82.3 Å². The average Bonchev–Trinajstić information content (AvgIpc) is 3.92. The second-order valence-corrected chi connectivity index (χ2v) is 25.6. The first-order valence-corrected chi connectivity index (χ1v) is 30.1. The molecule has 0 amide bonds. The maximum atomic E-state index is 13.6. The van der Waals surface area contributed by atoms with Gasteiger partial charge in [0, 0.05) is 68.7 Å². The van der Waals surface area contributed by atoms with Crippen LogP contribution in [0.5, 0.6) is 0 Å². The van der Waals surface area contributed by atoms with Gasteiger partial charge in [0.15, 0.2) is 5.78 Å². The Hall–Kier alpha value is -6.08. The number of Topliss-reactive ketones (excluding diaryl/α,β-unsaturated/α-hetero) is 1. The van der Waals surface area contributed by atoms with Gasteiger partial charge in [0.25, 0.3) is 5.69 Å². The Morgan fingerprint density at radius 2 is 1.72 bits per heavy atom. The zero-order valence-electron chi connectivity index (χ0n) is 42.1. The highest BCUT2D eigenvalue weighted by atomic mass is 33.1. The molecule has 2 aliphatic heterocycles. The van der Waals surface area contributed by atoms with Gasteiger partial charge in [-0.1, -0.05) is 57.7 Å². The van der Waals surface area contributed by atoms with E-state index in [4.69, 9.17) is 49.8 Å². The van der Waals surface area contributed by atoms with Crippen molar-refractivity contribution in [2.75, 3.05) is 30.6 Å². The van der Waals surface area contributed by atoms with Gasteiger partial charge in [-0.25, -0.2) is 23.3 Å². The van der Waals surface area contributed by atoms with E-state index in [0.717, 1.165) is 4.57 Å². The van der Waals surface area contributed by atoms with Crippen molar-refractivity contribution in [1.82, 2.24) is 9.55 Å². The van der Waals surface area contributed by atoms with Crippen LogP contribution in [0.3, 0.4) is 0 Å². The normalized spacial score (nSPS) is 17.2. The minimum absolute atomic E-state index is 0.0518. The maximum Gasteiger partial charge on any atom is 0.490 e. The number of carboxylic acid groups (broad SMARTS) is 1. The van der Waals surface area contributed by atoms with E-state index in [1.165, 1.54) is 58.1 Å². The number of aromatic carboxylic acids is 1. The minimum atomic E-state index is -5.88. The number of benzene rings is 4. The number of rotatable bonds is 23. The number of nitrogens with two attached hydrogens (primary N) is 2. The van der Waals surface area contributed by atoms with E-state index >= 15 is 0 Å². The lowest BCUT2D eigenvalue weighted by atomic mass is 9.87. The SMILES string of the molecule is Cc1c2oc3c(C)c(N)ccc3c(-c3ccc(C(=O)CCC(C)(C)SSCOCC#Cc4cn([C@H]5CC(OCc6ccccc6[N+](=O)[O-])[C@@H](COP(=O)(O)OP(=O)(O)OP(=O)(O)O)O5)c(=O)nc4N)cc3C(=O)O)c-2ccc1=N. The number of nitro groups is 1. The second-order valence-electron chi connectivity index (χ2n) is 18.2. The number of phosphoric ester groups is 1. The highest BCUT2D eigenvalue weighted by Crippen LogP contribution is 2.66. The van der Waals surface area contributed by atoms with E-state index < -0.39 is 76.4 Å². The Labute approximate surface area is 456 Å². The molecule has 31 heteroatoms. The number of para-hydroxylation sites is 1. The number of fused-ring (bicyclic) bond motifs is 2. The van der Waals surface area contributed by atoms with Crippen LogP contribution in [0, 0.1) is 41.2 Å². The van der Waals surface area contributed by atoms with Gasteiger partial charge in [0.05, 0.1) is 46.3 Å². The van der Waals surface area contributed by atoms with Gasteiger partial charge in [0.2, 0.25) is 0 Å². The van der Waals surface area contributed by atoms with Gasteiger partial charge in [-0.05, 0) is 76.1 Å². The quantitative estimate of drug-likeness (QED) is 0.00288. The molecule has 1 aliphatic carbocycles. The Morgan fingerprint density at radius 3 is 2.43 bits per heavy atom. The summed E-state index contributed by atoms with van der Waals surface area (Å²) in [7, 11) is -14.4. The number of carboxylic acids is 1. The molecule has 1 fully saturated rings. The van der Waals surface area contributed by atoms with E-state index in [1.54, 1.807) is 50.2 Å². The largest absolute Gasteiger partial charge is 0.490 e. The number of aromatic nitrogens is 2. The molecule has 4 aromatic rings. The summed E-state index contributed by atoms with van der Waals surface area (Å²) in [6, 6.07) is 17.0. The molecule has 10 N–H and O–H groups in total. The third-order valence-corrected chi connectivity index (χ3v) is 19.0. The standard InChI is InChI=1S/C48H51N6O20P3S2/c1-26-35(49)15-13-32-42(33-14-16-36(50)27(2)44(33)72-43(26)32)31-12-11-28(20-34(31)46(56)57)38(55)17-18-48(3,4)79-78-25-68-19-7-9-29-22-53(47(58)52-45(29)51)41-21-39(69-23-30-8-5-6-10-37(30)54(59)60)40(71-41)24-70-76(64,65)74-77(66,67)73-75(61,62)63/h5-6,8,10-16,20,22,39-41,49H,17-19,21,23-25,50H2,1-4H3,(H,56,57)(H,64,65)(H,66,67)(H2,51,52,58)(H2,61,62,63)/t39?,40-,41-/m1/s1. The van der Waals surface area contributed by atoms with Crippen LogP contribution >= 0.6 is 45.1 Å². The van der Waals surface area contributed by atoms with Crippen molar-refractivity contribution in [2.24, 2.45) is 0 Å². The van der Waals surface area contributed by atoms with Crippen molar-refractivity contribution in [2.45, 2.75) is 76.7 Å². The number of aryl methyl sites for hydroxylation is 1. The van der Waals surface area contributed by atoms with Crippen LogP contribution in [0.15, 0.2) is 82.1 Å². The lowest BCUT2D eigenvalue weighted by Crippen LogP contribution is -2.29. The van der Waals surface area contributed by atoms with E-state index in [0.29, 0.717) is 56.7 Å². The monoisotopic (exact) mass is 1190 g/mol. The molecule has 0 bridgehead atoms. The fourth-order valence-electron chi connectivity index (χ4n) is 8.21. The van der Waals surface area contributed by atoms with Crippen LogP contribution in [0.4, 0.5) is 17.2 Å². The molecule has 1 saturated heterocycles. The zero-order valence-corrected chi connectivity index (χ0v) is 46.4. The van der Waals surface area contributed by atoms with Crippen molar-refractivity contribution < 1.29 is 84.7 Å². The molecule has 3 heterocycles. The summed E-state index contributed by atoms with van der Waals surface area (Å²) >= 11 is 0. The third-order valence-electron chi connectivity index (χ3n) is 12.1. The Morgan fingerprint density at radius 1 is 1.00 bits per heavy atom. The van der Waals surface area contributed by atoms with E-state index in [1.807, 2.05) is 13.8 Å². The summed E-state index contributed by atoms with van der Waals surface area (Å²) in [5, 5.41) is 31.4. The number of carbonyl (C=O) groups is 2. The number of ether oxygens (including phenoxy) is 3. The summed E-state index contributed by atoms with van der Waals surface area (Å²) in [5.74, 6) is 4.37. The first-order valence-electron chi connectivity index (χ1n) is 23.3. The Bertz CT molecular complexity index is 3670. The van der Waals surface area contributed by atoms with Crippen LogP contribution in [0.2, 0.25) is 0 Å². The molecule has 3 aromatic carbocycles. The predicted octanol–water partition coefficient (Wildman–Crippen LogP) is 7.99. The van der Waals surface area contributed by atoms with Crippen LogP contribution in [-0.4, -0.2) is 87.0 Å². The Balaban J connectivity index is 0.959. The number of phosphoric acid groups is 3. The molecule has 3 unspecified atom stereocenters. The summed E-state index contributed by atoms with van der Waals surface area (Å²) < 4.78 is 72.2. The molecule has 0 radical (unpaired) electrons. The van der Waals surface area contributed by atoms with Crippen LogP contribution in [0.25, 0.3) is 33.4 Å². The lowest BCUT2D eigenvalue weighted by Gasteiger charge is -2.23.